The van der Waals surface area contributed by atoms with Gasteiger partial charge in [-0.3, -0.25) is 4.79 Å². The van der Waals surface area contributed by atoms with Crippen LogP contribution in [0.2, 0.25) is 0 Å². The lowest BCUT2D eigenvalue weighted by Crippen LogP contribution is -3.15. The third-order valence-corrected chi connectivity index (χ3v) is 4.40. The van der Waals surface area contributed by atoms with E-state index in [2.05, 4.69) is 10.2 Å². The molecule has 2 aromatic carbocycles. The molecule has 3 rings (SSSR count). The van der Waals surface area contributed by atoms with Gasteiger partial charge in [0.25, 0.3) is 5.91 Å². The second-order valence-corrected chi connectivity index (χ2v) is 6.35. The lowest BCUT2D eigenvalue weighted by Gasteiger charge is -2.33. The van der Waals surface area contributed by atoms with E-state index in [1.165, 1.54) is 4.90 Å². The molecule has 5 heteroatoms. The van der Waals surface area contributed by atoms with Crippen LogP contribution in [0.5, 0.6) is 5.75 Å². The van der Waals surface area contributed by atoms with E-state index in [1.54, 1.807) is 12.1 Å². The van der Waals surface area contributed by atoms with Crippen LogP contribution in [-0.4, -0.2) is 43.7 Å². The minimum absolute atomic E-state index is 0.0636. The Bertz CT molecular complexity index is 692. The van der Waals surface area contributed by atoms with Crippen molar-refractivity contribution in [1.29, 1.82) is 0 Å². The molecular formula is C19H24N3O2+. The van der Waals surface area contributed by atoms with Gasteiger partial charge in [-0.05, 0) is 48.9 Å². The molecule has 1 saturated heterocycles. The number of anilines is 2. The van der Waals surface area contributed by atoms with Crippen molar-refractivity contribution >= 4 is 17.3 Å². The minimum Gasteiger partial charge on any atom is -0.508 e. The third kappa shape index (κ3) is 4.26. The van der Waals surface area contributed by atoms with Crippen LogP contribution in [-0.2, 0) is 4.79 Å². The lowest BCUT2D eigenvalue weighted by atomic mass is 10.2. The number of carbonyl (C=O) groups is 1. The summed E-state index contributed by atoms with van der Waals surface area (Å²) >= 11 is 0. The number of phenols is 1. The van der Waals surface area contributed by atoms with Crippen LogP contribution < -0.4 is 15.1 Å². The van der Waals surface area contributed by atoms with E-state index in [1.807, 2.05) is 43.3 Å². The summed E-state index contributed by atoms with van der Waals surface area (Å²) < 4.78 is 0. The maximum atomic E-state index is 12.2. The second-order valence-electron chi connectivity index (χ2n) is 6.35. The first-order valence-corrected chi connectivity index (χ1v) is 8.34. The van der Waals surface area contributed by atoms with Crippen LogP contribution in [0.15, 0.2) is 48.5 Å². The molecule has 0 radical (unpaired) electrons. The maximum Gasteiger partial charge on any atom is 0.279 e. The normalized spacial score (nSPS) is 15.3. The number of carbonyl (C=O) groups excluding carboxylic acids is 1. The summed E-state index contributed by atoms with van der Waals surface area (Å²) in [7, 11) is 0. The summed E-state index contributed by atoms with van der Waals surface area (Å²) in [6.45, 7) is 6.21. The van der Waals surface area contributed by atoms with Gasteiger partial charge in [0.05, 0.1) is 26.2 Å². The number of quaternary nitrogens is 1. The van der Waals surface area contributed by atoms with Crippen LogP contribution in [0.25, 0.3) is 0 Å². The van der Waals surface area contributed by atoms with Gasteiger partial charge in [-0.25, -0.2) is 0 Å². The number of hydrogen-bond acceptors (Lipinski definition) is 3. The van der Waals surface area contributed by atoms with Crippen molar-refractivity contribution in [1.82, 2.24) is 0 Å². The molecule has 0 unspecified atom stereocenters. The standard InChI is InChI=1S/C19H23N3O2/c1-15-3-2-4-16(13-15)20-19(24)14-21-9-11-22(12-10-21)17-5-7-18(23)8-6-17/h2-8,13,23H,9-12,14H2,1H3,(H,20,24)/p+1. The summed E-state index contributed by atoms with van der Waals surface area (Å²) in [5.41, 5.74) is 3.13. The van der Waals surface area contributed by atoms with Crippen LogP contribution in [0, 0.1) is 6.92 Å². The Morgan fingerprint density at radius 1 is 1.17 bits per heavy atom. The quantitative estimate of drug-likeness (QED) is 0.787. The highest BCUT2D eigenvalue weighted by molar-refractivity contribution is 5.91. The maximum absolute atomic E-state index is 12.2. The number of hydrogen-bond donors (Lipinski definition) is 3. The van der Waals surface area contributed by atoms with E-state index in [0.29, 0.717) is 6.54 Å². The number of aryl methyl sites for hydroxylation is 1. The number of aromatic hydroxyl groups is 1. The predicted octanol–water partition coefficient (Wildman–Crippen LogP) is 1.04. The Kier molecular flexibility index (Phi) is 5.01. The Morgan fingerprint density at radius 3 is 2.54 bits per heavy atom. The molecule has 1 fully saturated rings. The highest BCUT2D eigenvalue weighted by atomic mass is 16.3. The second kappa shape index (κ2) is 7.36. The molecule has 1 aliphatic heterocycles. The highest BCUT2D eigenvalue weighted by Gasteiger charge is 2.22. The molecule has 3 N–H and O–H groups in total. The number of benzene rings is 2. The van der Waals surface area contributed by atoms with Crippen molar-refractivity contribution in [3.8, 4) is 5.75 Å². The number of phenolic OH excluding ortho intramolecular Hbond substituents is 1. The molecule has 2 aromatic rings. The third-order valence-electron chi connectivity index (χ3n) is 4.40. The number of piperazine rings is 1. The van der Waals surface area contributed by atoms with Crippen LogP contribution in [0.4, 0.5) is 11.4 Å². The fourth-order valence-electron chi connectivity index (χ4n) is 3.08. The minimum atomic E-state index is 0.0636. The van der Waals surface area contributed by atoms with Gasteiger partial charge in [-0.1, -0.05) is 12.1 Å². The molecule has 126 valence electrons. The number of nitrogens with zero attached hydrogens (tertiary/aromatic N) is 1. The molecule has 0 bridgehead atoms. The molecule has 1 amide bonds. The van der Waals surface area contributed by atoms with Gasteiger partial charge in [0.1, 0.15) is 5.75 Å². The SMILES string of the molecule is Cc1cccc(NC(=O)C[NH+]2CCN(c3ccc(O)cc3)CC2)c1. The average Bonchev–Trinajstić information content (AvgIpc) is 2.56. The first kappa shape index (κ1) is 16.3. The predicted molar refractivity (Wildman–Crippen MR) is 95.7 cm³/mol. The summed E-state index contributed by atoms with van der Waals surface area (Å²) in [5, 5.41) is 12.3. The zero-order chi connectivity index (χ0) is 16.9. The van der Waals surface area contributed by atoms with Crippen molar-refractivity contribution in [3.05, 3.63) is 54.1 Å². The van der Waals surface area contributed by atoms with Gasteiger partial charge in [0, 0.05) is 11.4 Å². The van der Waals surface area contributed by atoms with E-state index in [4.69, 9.17) is 0 Å². The molecule has 1 heterocycles. The molecule has 1 aliphatic rings. The molecule has 0 aromatic heterocycles. The fourth-order valence-corrected chi connectivity index (χ4v) is 3.08. The molecule has 5 nitrogen and oxygen atoms in total. The average molecular weight is 326 g/mol. The molecular weight excluding hydrogens is 302 g/mol. The van der Waals surface area contributed by atoms with Gasteiger partial charge in [-0.15, -0.1) is 0 Å². The zero-order valence-corrected chi connectivity index (χ0v) is 14.0. The van der Waals surface area contributed by atoms with Gasteiger partial charge in [-0.2, -0.15) is 0 Å². The monoisotopic (exact) mass is 326 g/mol. The molecule has 0 atom stereocenters. The lowest BCUT2D eigenvalue weighted by molar-refractivity contribution is -0.892. The highest BCUT2D eigenvalue weighted by Crippen LogP contribution is 2.18. The number of amides is 1. The molecule has 24 heavy (non-hydrogen) atoms. The molecule has 0 aliphatic carbocycles. The van der Waals surface area contributed by atoms with E-state index in [0.717, 1.165) is 43.1 Å². The van der Waals surface area contributed by atoms with E-state index in [9.17, 15) is 9.90 Å². The van der Waals surface area contributed by atoms with Crippen molar-refractivity contribution in [2.75, 3.05) is 42.9 Å². The topological polar surface area (TPSA) is 57.0 Å². The van der Waals surface area contributed by atoms with Crippen LogP contribution in [0.3, 0.4) is 0 Å². The largest absolute Gasteiger partial charge is 0.508 e. The van der Waals surface area contributed by atoms with Crippen LogP contribution >= 0.6 is 0 Å². The summed E-state index contributed by atoms with van der Waals surface area (Å²) in [4.78, 5) is 15.8. The Morgan fingerprint density at radius 2 is 1.88 bits per heavy atom. The van der Waals surface area contributed by atoms with E-state index >= 15 is 0 Å². The first-order chi connectivity index (χ1) is 11.6. The Balaban J connectivity index is 1.48. The zero-order valence-electron chi connectivity index (χ0n) is 14.0. The summed E-state index contributed by atoms with van der Waals surface area (Å²) in [5.74, 6) is 0.351. The Hall–Kier alpha value is -2.53. The van der Waals surface area contributed by atoms with Crippen molar-refractivity contribution in [2.45, 2.75) is 6.92 Å². The smallest absolute Gasteiger partial charge is 0.279 e. The van der Waals surface area contributed by atoms with E-state index in [-0.39, 0.29) is 11.7 Å². The van der Waals surface area contributed by atoms with Crippen molar-refractivity contribution < 1.29 is 14.8 Å². The van der Waals surface area contributed by atoms with E-state index < -0.39 is 0 Å². The summed E-state index contributed by atoms with van der Waals surface area (Å²) in [6, 6.07) is 15.2. The Labute approximate surface area is 142 Å². The van der Waals surface area contributed by atoms with Crippen LogP contribution in [0.1, 0.15) is 5.56 Å². The molecule has 0 saturated carbocycles. The summed E-state index contributed by atoms with van der Waals surface area (Å²) in [6.07, 6.45) is 0. The number of rotatable bonds is 4. The fraction of sp³-hybridized carbons (Fsp3) is 0.316. The van der Waals surface area contributed by atoms with Crippen molar-refractivity contribution in [3.63, 3.8) is 0 Å². The van der Waals surface area contributed by atoms with Gasteiger partial charge in [0.2, 0.25) is 0 Å². The molecule has 0 spiro atoms. The van der Waals surface area contributed by atoms with Gasteiger partial charge < -0.3 is 20.2 Å². The van der Waals surface area contributed by atoms with Gasteiger partial charge >= 0.3 is 0 Å². The first-order valence-electron chi connectivity index (χ1n) is 8.34. The van der Waals surface area contributed by atoms with Crippen molar-refractivity contribution in [2.24, 2.45) is 0 Å². The number of nitrogens with one attached hydrogen (secondary N) is 2. The van der Waals surface area contributed by atoms with Gasteiger partial charge in [0.15, 0.2) is 6.54 Å².